The van der Waals surface area contributed by atoms with Crippen molar-refractivity contribution in [1.82, 2.24) is 4.98 Å². The zero-order chi connectivity index (χ0) is 17.8. The summed E-state index contributed by atoms with van der Waals surface area (Å²) in [5.74, 6) is 0.0959. The number of aromatic nitrogens is 1. The first-order valence-corrected chi connectivity index (χ1v) is 8.27. The van der Waals surface area contributed by atoms with Crippen LogP contribution in [0, 0.1) is 18.3 Å². The molecule has 0 saturated carbocycles. The van der Waals surface area contributed by atoms with Crippen molar-refractivity contribution in [3.8, 4) is 28.1 Å². The van der Waals surface area contributed by atoms with E-state index in [9.17, 15) is 4.79 Å². The molecular weight excluding hydrogens is 336 g/mol. The van der Waals surface area contributed by atoms with Crippen LogP contribution in [0.5, 0.6) is 11.5 Å². The Labute approximate surface area is 149 Å². The third-order valence-electron chi connectivity index (χ3n) is 3.50. The molecule has 1 heterocycles. The van der Waals surface area contributed by atoms with Crippen LogP contribution in [0.2, 0.25) is 0 Å². The van der Waals surface area contributed by atoms with Gasteiger partial charge in [-0.2, -0.15) is 5.26 Å². The highest BCUT2D eigenvalue weighted by atomic mass is 32.1. The van der Waals surface area contributed by atoms with Crippen LogP contribution >= 0.6 is 11.3 Å². The molecule has 1 aromatic heterocycles. The second-order valence-corrected chi connectivity index (χ2v) is 6.17. The fourth-order valence-corrected chi connectivity index (χ4v) is 3.21. The van der Waals surface area contributed by atoms with Gasteiger partial charge in [0, 0.05) is 11.6 Å². The molecule has 0 bridgehead atoms. The molecule has 0 spiro atoms. The molecule has 0 radical (unpaired) electrons. The van der Waals surface area contributed by atoms with Crippen molar-refractivity contribution in [2.45, 2.75) is 6.92 Å². The van der Waals surface area contributed by atoms with Crippen molar-refractivity contribution < 1.29 is 14.3 Å². The maximum absolute atomic E-state index is 12.5. The van der Waals surface area contributed by atoms with Gasteiger partial charge in [0.2, 0.25) is 0 Å². The molecule has 0 unspecified atom stereocenters. The highest BCUT2D eigenvalue weighted by Gasteiger charge is 2.20. The van der Waals surface area contributed by atoms with Gasteiger partial charge in [-0.05, 0) is 19.1 Å². The van der Waals surface area contributed by atoms with E-state index in [2.05, 4.69) is 4.98 Å². The van der Waals surface area contributed by atoms with Gasteiger partial charge in [0.15, 0.2) is 11.5 Å². The number of methoxy groups -OCH3 is 1. The summed E-state index contributed by atoms with van der Waals surface area (Å²) in [6.45, 7) is 1.77. The molecule has 2 aromatic carbocycles. The van der Waals surface area contributed by atoms with Crippen molar-refractivity contribution in [2.75, 3.05) is 7.11 Å². The van der Waals surface area contributed by atoms with Crippen molar-refractivity contribution in [3.63, 3.8) is 0 Å². The summed E-state index contributed by atoms with van der Waals surface area (Å²) in [4.78, 5) is 17.4. The first-order chi connectivity index (χ1) is 12.1. The van der Waals surface area contributed by atoms with Crippen molar-refractivity contribution >= 4 is 17.3 Å². The quantitative estimate of drug-likeness (QED) is 0.520. The van der Waals surface area contributed by atoms with Gasteiger partial charge in [0.05, 0.1) is 24.4 Å². The molecule has 0 aliphatic carbocycles. The third kappa shape index (κ3) is 3.52. The zero-order valence-corrected chi connectivity index (χ0v) is 14.5. The van der Waals surface area contributed by atoms with E-state index in [0.717, 1.165) is 10.6 Å². The maximum Gasteiger partial charge on any atom is 0.355 e. The lowest BCUT2D eigenvalue weighted by molar-refractivity contribution is 0.0734. The number of esters is 1. The summed E-state index contributed by atoms with van der Waals surface area (Å²) in [5, 5.41) is 9.70. The minimum absolute atomic E-state index is 0.264. The minimum Gasteiger partial charge on any atom is -0.493 e. The standard InChI is InChI=1S/C19H14N2O3S/c1-12-17(25-18(21-12)14-6-4-3-5-7-14)19(22)24-15-9-8-13(11-20)10-16(15)23-2/h3-10H,1-2H3. The second-order valence-electron chi connectivity index (χ2n) is 5.17. The van der Waals surface area contributed by atoms with Crippen LogP contribution in [0.25, 0.3) is 10.6 Å². The van der Waals surface area contributed by atoms with Crippen LogP contribution in [-0.4, -0.2) is 18.1 Å². The molecule has 5 nitrogen and oxygen atoms in total. The predicted molar refractivity (Wildman–Crippen MR) is 95.0 cm³/mol. The number of benzene rings is 2. The van der Waals surface area contributed by atoms with Crippen molar-refractivity contribution in [2.24, 2.45) is 0 Å². The van der Waals surface area contributed by atoms with Gasteiger partial charge in [-0.1, -0.05) is 30.3 Å². The monoisotopic (exact) mass is 350 g/mol. The zero-order valence-electron chi connectivity index (χ0n) is 13.6. The smallest absolute Gasteiger partial charge is 0.355 e. The van der Waals surface area contributed by atoms with Crippen LogP contribution in [0.3, 0.4) is 0 Å². The molecule has 124 valence electrons. The van der Waals surface area contributed by atoms with Crippen molar-refractivity contribution in [3.05, 3.63) is 64.7 Å². The maximum atomic E-state index is 12.5. The Hall–Kier alpha value is -3.17. The molecule has 0 N–H and O–H groups in total. The van der Waals surface area contributed by atoms with E-state index >= 15 is 0 Å². The molecule has 6 heteroatoms. The first-order valence-electron chi connectivity index (χ1n) is 7.45. The third-order valence-corrected chi connectivity index (χ3v) is 4.68. The number of aryl methyl sites for hydroxylation is 1. The number of ether oxygens (including phenoxy) is 2. The largest absolute Gasteiger partial charge is 0.493 e. The Bertz CT molecular complexity index is 959. The normalized spacial score (nSPS) is 10.1. The first kappa shape index (κ1) is 16.7. The highest BCUT2D eigenvalue weighted by molar-refractivity contribution is 7.17. The number of rotatable bonds is 4. The Kier molecular flexibility index (Phi) is 4.78. The van der Waals surface area contributed by atoms with E-state index in [-0.39, 0.29) is 5.75 Å². The summed E-state index contributed by atoms with van der Waals surface area (Å²) >= 11 is 1.28. The summed E-state index contributed by atoms with van der Waals surface area (Å²) < 4.78 is 10.6. The van der Waals surface area contributed by atoms with E-state index < -0.39 is 5.97 Å². The van der Waals surface area contributed by atoms with Gasteiger partial charge in [0.25, 0.3) is 0 Å². The van der Waals surface area contributed by atoms with Crippen LogP contribution in [0.4, 0.5) is 0 Å². The van der Waals surface area contributed by atoms with Crippen LogP contribution in [0.1, 0.15) is 20.9 Å². The van der Waals surface area contributed by atoms with E-state index in [0.29, 0.717) is 21.9 Å². The van der Waals surface area contributed by atoms with Crippen LogP contribution < -0.4 is 9.47 Å². The number of hydrogen-bond donors (Lipinski definition) is 0. The molecule has 3 rings (SSSR count). The van der Waals surface area contributed by atoms with E-state index in [4.69, 9.17) is 14.7 Å². The van der Waals surface area contributed by atoms with Crippen LogP contribution in [0.15, 0.2) is 48.5 Å². The predicted octanol–water partition coefficient (Wildman–Crippen LogP) is 4.22. The lowest BCUT2D eigenvalue weighted by atomic mass is 10.2. The SMILES string of the molecule is COc1cc(C#N)ccc1OC(=O)c1sc(-c2ccccc2)nc1C. The number of thiazole rings is 1. The molecule has 0 amide bonds. The fraction of sp³-hybridized carbons (Fsp3) is 0.105. The molecule has 0 saturated heterocycles. The molecule has 3 aromatic rings. The highest BCUT2D eigenvalue weighted by Crippen LogP contribution is 2.32. The van der Waals surface area contributed by atoms with Crippen molar-refractivity contribution in [1.29, 1.82) is 5.26 Å². The molecule has 25 heavy (non-hydrogen) atoms. The van der Waals surface area contributed by atoms with E-state index in [1.165, 1.54) is 24.5 Å². The number of hydrogen-bond acceptors (Lipinski definition) is 6. The van der Waals surface area contributed by atoms with Gasteiger partial charge in [0.1, 0.15) is 9.88 Å². The molecule has 0 aliphatic rings. The van der Waals surface area contributed by atoms with Gasteiger partial charge in [-0.25, -0.2) is 9.78 Å². The molecule has 0 fully saturated rings. The van der Waals surface area contributed by atoms with Gasteiger partial charge in [-0.3, -0.25) is 0 Å². The molecule has 0 atom stereocenters. The Morgan fingerprint density at radius 2 is 1.92 bits per heavy atom. The van der Waals surface area contributed by atoms with Gasteiger partial charge >= 0.3 is 5.97 Å². The fourth-order valence-electron chi connectivity index (χ4n) is 2.26. The second kappa shape index (κ2) is 7.16. The summed E-state index contributed by atoms with van der Waals surface area (Å²) in [6, 6.07) is 16.3. The Morgan fingerprint density at radius 1 is 1.16 bits per heavy atom. The lowest BCUT2D eigenvalue weighted by Gasteiger charge is -2.08. The Balaban J connectivity index is 1.88. The van der Waals surface area contributed by atoms with E-state index in [1.54, 1.807) is 19.1 Å². The number of carbonyl (C=O) groups is 1. The number of nitrogens with zero attached hydrogens (tertiary/aromatic N) is 2. The van der Waals surface area contributed by atoms with E-state index in [1.807, 2.05) is 36.4 Å². The average Bonchev–Trinajstić information content (AvgIpc) is 3.04. The molecular formula is C19H14N2O3S. The summed E-state index contributed by atoms with van der Waals surface area (Å²) in [7, 11) is 1.46. The summed E-state index contributed by atoms with van der Waals surface area (Å²) in [6.07, 6.45) is 0. The number of nitriles is 1. The number of carbonyl (C=O) groups excluding carboxylic acids is 1. The topological polar surface area (TPSA) is 72.2 Å². The lowest BCUT2D eigenvalue weighted by Crippen LogP contribution is -2.09. The van der Waals surface area contributed by atoms with Gasteiger partial charge in [-0.15, -0.1) is 11.3 Å². The average molecular weight is 350 g/mol. The van der Waals surface area contributed by atoms with Gasteiger partial charge < -0.3 is 9.47 Å². The minimum atomic E-state index is -0.500. The molecule has 0 aliphatic heterocycles. The van der Waals surface area contributed by atoms with Crippen LogP contribution in [-0.2, 0) is 0 Å². The summed E-state index contributed by atoms with van der Waals surface area (Å²) in [5.41, 5.74) is 1.99. The Morgan fingerprint density at radius 3 is 2.60 bits per heavy atom.